The Bertz CT molecular complexity index is 1230. The van der Waals surface area contributed by atoms with Crippen LogP contribution in [0.25, 0.3) is 16.9 Å². The van der Waals surface area contributed by atoms with Gasteiger partial charge in [0.25, 0.3) is 0 Å². The summed E-state index contributed by atoms with van der Waals surface area (Å²) in [6.07, 6.45) is 4.59. The normalized spacial score (nSPS) is 11.3. The van der Waals surface area contributed by atoms with Gasteiger partial charge in [0, 0.05) is 35.4 Å². The first-order valence-corrected chi connectivity index (χ1v) is 12.6. The van der Waals surface area contributed by atoms with Crippen molar-refractivity contribution in [3.63, 3.8) is 0 Å². The molecule has 3 aromatic carbocycles. The molecule has 0 amide bonds. The van der Waals surface area contributed by atoms with Crippen LogP contribution < -0.4 is 14.8 Å². The summed E-state index contributed by atoms with van der Waals surface area (Å²) in [6.45, 7) is 2.92. The molecule has 6 nitrogen and oxygen atoms in total. The second-order valence-electron chi connectivity index (χ2n) is 8.61. The number of rotatable bonds is 12. The molecule has 1 atom stereocenters. The smallest absolute Gasteiger partial charge is 0.127 e. The number of aromatic nitrogens is 2. The molecule has 1 heterocycles. The van der Waals surface area contributed by atoms with E-state index in [0.29, 0.717) is 11.6 Å². The van der Waals surface area contributed by atoms with Gasteiger partial charge in [-0.3, -0.25) is 0 Å². The first kappa shape index (κ1) is 31.5. The van der Waals surface area contributed by atoms with Gasteiger partial charge in [0.15, 0.2) is 0 Å². The van der Waals surface area contributed by atoms with E-state index >= 15 is 0 Å². The van der Waals surface area contributed by atoms with Gasteiger partial charge in [-0.25, -0.2) is 4.98 Å². The maximum absolute atomic E-state index is 9.84. The number of nitrogens with one attached hydrogen (secondary N) is 1. The Labute approximate surface area is 241 Å². The minimum Gasteiger partial charge on any atom is -0.491 e. The molecule has 4 aromatic rings. The van der Waals surface area contributed by atoms with Crippen molar-refractivity contribution in [1.82, 2.24) is 14.9 Å². The monoisotopic (exact) mass is 577 g/mol. The summed E-state index contributed by atoms with van der Waals surface area (Å²) >= 11 is 5.96. The van der Waals surface area contributed by atoms with Crippen LogP contribution in [0.1, 0.15) is 25.6 Å². The minimum atomic E-state index is -0.547. The van der Waals surface area contributed by atoms with Crippen molar-refractivity contribution in [3.05, 3.63) is 89.8 Å². The molecule has 0 aliphatic rings. The van der Waals surface area contributed by atoms with Crippen LogP contribution in [0, 0.1) is 0 Å². The molecule has 2 N–H and O–H groups in total. The van der Waals surface area contributed by atoms with Crippen molar-refractivity contribution in [2.75, 3.05) is 20.2 Å². The first-order valence-electron chi connectivity index (χ1n) is 12.2. The third-order valence-corrected chi connectivity index (χ3v) is 5.98. The van der Waals surface area contributed by atoms with E-state index in [1.54, 1.807) is 7.05 Å². The van der Waals surface area contributed by atoms with Crippen LogP contribution >= 0.6 is 36.4 Å². The molecular formula is C29H34Cl3N3O3. The fourth-order valence-electron chi connectivity index (χ4n) is 3.81. The van der Waals surface area contributed by atoms with Crippen molar-refractivity contribution in [2.45, 2.75) is 32.3 Å². The summed E-state index contributed by atoms with van der Waals surface area (Å²) < 4.78 is 13.8. The van der Waals surface area contributed by atoms with Gasteiger partial charge in [0.2, 0.25) is 0 Å². The number of ether oxygens (including phenoxy) is 2. The first-order chi connectivity index (χ1) is 17.6. The average molecular weight is 579 g/mol. The zero-order valence-electron chi connectivity index (χ0n) is 21.5. The van der Waals surface area contributed by atoms with Crippen LogP contribution in [0.5, 0.6) is 17.2 Å². The number of aliphatic hydroxyl groups is 1. The highest BCUT2D eigenvalue weighted by Gasteiger charge is 2.12. The molecular weight excluding hydrogens is 545 g/mol. The number of imidazole rings is 1. The molecule has 0 bridgehead atoms. The molecule has 0 aliphatic heterocycles. The Hall–Kier alpha value is -2.74. The van der Waals surface area contributed by atoms with Crippen LogP contribution in [0.15, 0.2) is 79.0 Å². The quantitative estimate of drug-likeness (QED) is 0.187. The van der Waals surface area contributed by atoms with Crippen LogP contribution in [-0.4, -0.2) is 41.0 Å². The Kier molecular flexibility index (Phi) is 12.9. The lowest BCUT2D eigenvalue weighted by Gasteiger charge is -2.11. The fraction of sp³-hybridized carbons (Fsp3) is 0.276. The van der Waals surface area contributed by atoms with Crippen molar-refractivity contribution < 1.29 is 14.6 Å². The van der Waals surface area contributed by atoms with Crippen molar-refractivity contribution in [3.8, 4) is 34.2 Å². The van der Waals surface area contributed by atoms with E-state index in [1.807, 2.05) is 72.8 Å². The minimum absolute atomic E-state index is 0. The maximum Gasteiger partial charge on any atom is 0.127 e. The SMILES string of the molecule is CCCCc1nc(-c2ccc(OC[C@H](O)CNC)cc2)cn1-c1ccc(Oc2ccc(Cl)cc2)cc1.Cl.Cl. The highest BCUT2D eigenvalue weighted by molar-refractivity contribution is 6.30. The topological polar surface area (TPSA) is 68.5 Å². The molecule has 0 unspecified atom stereocenters. The molecule has 204 valence electrons. The Morgan fingerprint density at radius 1 is 0.921 bits per heavy atom. The number of halogens is 3. The van der Waals surface area contributed by atoms with Gasteiger partial charge in [-0.15, -0.1) is 24.8 Å². The van der Waals surface area contributed by atoms with E-state index in [9.17, 15) is 5.11 Å². The number of nitrogens with zero attached hydrogens (tertiary/aromatic N) is 2. The standard InChI is InChI=1S/C29H32ClN3O3.2ClH/c1-3-4-5-29-32-28(21-6-12-25(13-7-21)35-20-24(34)18-31-2)19-33(29)23-10-16-27(17-11-23)36-26-14-8-22(30)9-15-26;;/h6-17,19,24,31,34H,3-5,18,20H2,1-2H3;2*1H/t24-;;/m1../s1. The number of unbranched alkanes of at least 4 members (excludes halogenated alkanes) is 1. The van der Waals surface area contributed by atoms with Gasteiger partial charge in [0.05, 0.1) is 5.69 Å². The van der Waals surface area contributed by atoms with Gasteiger partial charge in [-0.1, -0.05) is 24.9 Å². The van der Waals surface area contributed by atoms with E-state index in [1.165, 1.54) is 0 Å². The number of aliphatic hydroxyl groups excluding tert-OH is 1. The zero-order valence-corrected chi connectivity index (χ0v) is 23.9. The van der Waals surface area contributed by atoms with Gasteiger partial charge in [-0.2, -0.15) is 0 Å². The lowest BCUT2D eigenvalue weighted by atomic mass is 10.1. The van der Waals surface area contributed by atoms with Crippen LogP contribution in [0.4, 0.5) is 0 Å². The van der Waals surface area contributed by atoms with E-state index in [2.05, 4.69) is 23.0 Å². The van der Waals surface area contributed by atoms with Gasteiger partial charge in [0.1, 0.15) is 35.8 Å². The molecule has 1 aromatic heterocycles. The molecule has 0 saturated heterocycles. The number of benzene rings is 3. The van der Waals surface area contributed by atoms with Crippen molar-refractivity contribution in [1.29, 1.82) is 0 Å². The fourth-order valence-corrected chi connectivity index (χ4v) is 3.94. The summed E-state index contributed by atoms with van der Waals surface area (Å²) in [6, 6.07) is 23.1. The molecule has 0 radical (unpaired) electrons. The molecule has 9 heteroatoms. The van der Waals surface area contributed by atoms with Crippen LogP contribution in [-0.2, 0) is 6.42 Å². The number of hydrogen-bond donors (Lipinski definition) is 2. The lowest BCUT2D eigenvalue weighted by Crippen LogP contribution is -2.29. The highest BCUT2D eigenvalue weighted by Crippen LogP contribution is 2.27. The molecule has 0 spiro atoms. The Morgan fingerprint density at radius 3 is 2.13 bits per heavy atom. The predicted octanol–water partition coefficient (Wildman–Crippen LogP) is 7.13. The largest absolute Gasteiger partial charge is 0.491 e. The van der Waals surface area contributed by atoms with E-state index < -0.39 is 6.10 Å². The highest BCUT2D eigenvalue weighted by atomic mass is 35.5. The van der Waals surface area contributed by atoms with E-state index in [4.69, 9.17) is 26.1 Å². The number of hydrogen-bond acceptors (Lipinski definition) is 5. The molecule has 0 saturated carbocycles. The van der Waals surface area contributed by atoms with Crippen molar-refractivity contribution in [2.24, 2.45) is 0 Å². The Morgan fingerprint density at radius 2 is 1.53 bits per heavy atom. The molecule has 38 heavy (non-hydrogen) atoms. The number of aryl methyl sites for hydroxylation is 1. The molecule has 0 fully saturated rings. The van der Waals surface area contributed by atoms with Gasteiger partial charge < -0.3 is 24.5 Å². The summed E-state index contributed by atoms with van der Waals surface area (Å²) in [5.41, 5.74) is 2.95. The third-order valence-electron chi connectivity index (χ3n) is 5.73. The second-order valence-corrected chi connectivity index (χ2v) is 9.05. The summed E-state index contributed by atoms with van der Waals surface area (Å²) in [7, 11) is 1.80. The van der Waals surface area contributed by atoms with E-state index in [-0.39, 0.29) is 31.4 Å². The van der Waals surface area contributed by atoms with Crippen molar-refractivity contribution >= 4 is 36.4 Å². The summed E-state index contributed by atoms with van der Waals surface area (Å²) in [5.74, 6) is 3.24. The van der Waals surface area contributed by atoms with Crippen LogP contribution in [0.3, 0.4) is 0 Å². The summed E-state index contributed by atoms with van der Waals surface area (Å²) in [4.78, 5) is 4.95. The number of likely N-dealkylation sites (N-methyl/N-ethyl adjacent to an activating group) is 1. The lowest BCUT2D eigenvalue weighted by molar-refractivity contribution is 0.108. The summed E-state index contributed by atoms with van der Waals surface area (Å²) in [5, 5.41) is 13.5. The van der Waals surface area contributed by atoms with Gasteiger partial charge in [-0.05, 0) is 86.3 Å². The Balaban J connectivity index is 0.00000253. The molecule has 0 aliphatic carbocycles. The van der Waals surface area contributed by atoms with Gasteiger partial charge >= 0.3 is 0 Å². The second kappa shape index (κ2) is 15.6. The maximum atomic E-state index is 9.84. The predicted molar refractivity (Wildman–Crippen MR) is 159 cm³/mol. The molecule has 4 rings (SSSR count). The average Bonchev–Trinajstić information content (AvgIpc) is 3.33. The van der Waals surface area contributed by atoms with E-state index in [0.717, 1.165) is 59.3 Å². The zero-order chi connectivity index (χ0) is 25.3. The van der Waals surface area contributed by atoms with Crippen LogP contribution in [0.2, 0.25) is 5.02 Å². The third kappa shape index (κ3) is 8.65.